The minimum atomic E-state index is -0.473. The lowest BCUT2D eigenvalue weighted by molar-refractivity contribution is 0.0700. The Hall–Kier alpha value is -2.03. The van der Waals surface area contributed by atoms with Crippen molar-refractivity contribution in [3.05, 3.63) is 53.5 Å². The van der Waals surface area contributed by atoms with E-state index < -0.39 is 5.97 Å². The molecule has 0 saturated heterocycles. The van der Waals surface area contributed by atoms with E-state index in [1.165, 1.54) is 6.26 Å². The van der Waals surface area contributed by atoms with Crippen LogP contribution in [0.5, 0.6) is 5.75 Å². The number of benzene rings is 1. The number of ether oxygens (including phenoxy) is 1. The molecule has 1 heterocycles. The summed E-state index contributed by atoms with van der Waals surface area (Å²) in [6.45, 7) is 3.84. The van der Waals surface area contributed by atoms with E-state index in [9.17, 15) is 4.79 Å². The first kappa shape index (κ1) is 10.5. The smallest absolute Gasteiger partial charge is 0.379 e. The van der Waals surface area contributed by atoms with Crippen LogP contribution in [0.2, 0.25) is 0 Å². The Morgan fingerprint density at radius 3 is 2.75 bits per heavy atom. The van der Waals surface area contributed by atoms with Crippen LogP contribution in [0.1, 0.15) is 21.7 Å². The highest BCUT2D eigenvalue weighted by Gasteiger charge is 2.12. The predicted molar refractivity (Wildman–Crippen MR) is 59.6 cm³/mol. The molecule has 0 amide bonds. The van der Waals surface area contributed by atoms with Gasteiger partial charge in [-0.1, -0.05) is 12.1 Å². The molecule has 0 atom stereocenters. The molecule has 82 valence electrons. The van der Waals surface area contributed by atoms with Gasteiger partial charge in [0, 0.05) is 0 Å². The lowest BCUT2D eigenvalue weighted by Crippen LogP contribution is -2.08. The van der Waals surface area contributed by atoms with Crippen molar-refractivity contribution in [2.75, 3.05) is 0 Å². The molecular weight excluding hydrogens is 204 g/mol. The average molecular weight is 216 g/mol. The van der Waals surface area contributed by atoms with Gasteiger partial charge >= 0.3 is 5.97 Å². The maximum Gasteiger partial charge on any atom is 0.379 e. The van der Waals surface area contributed by atoms with Crippen molar-refractivity contribution in [3.8, 4) is 5.75 Å². The van der Waals surface area contributed by atoms with Crippen LogP contribution in [0.3, 0.4) is 0 Å². The molecule has 3 heteroatoms. The molecule has 0 saturated carbocycles. The van der Waals surface area contributed by atoms with Crippen LogP contribution in [-0.2, 0) is 0 Å². The van der Waals surface area contributed by atoms with Gasteiger partial charge in [-0.15, -0.1) is 0 Å². The molecule has 0 aliphatic rings. The SMILES string of the molecule is Cc1ccc(C)c(OC(=O)c2ccco2)c1. The molecule has 16 heavy (non-hydrogen) atoms. The monoisotopic (exact) mass is 216 g/mol. The van der Waals surface area contributed by atoms with Crippen LogP contribution >= 0.6 is 0 Å². The molecule has 0 fully saturated rings. The van der Waals surface area contributed by atoms with Gasteiger partial charge in [-0.05, 0) is 43.2 Å². The van der Waals surface area contributed by atoms with Crippen LogP contribution in [-0.4, -0.2) is 5.97 Å². The predicted octanol–water partition coefficient (Wildman–Crippen LogP) is 3.12. The molecule has 3 nitrogen and oxygen atoms in total. The third-order valence-electron chi connectivity index (χ3n) is 2.27. The molecule has 0 aliphatic heterocycles. The standard InChI is InChI=1S/C13H12O3/c1-9-5-6-10(2)12(8-9)16-13(14)11-4-3-7-15-11/h3-8H,1-2H3. The third-order valence-corrected chi connectivity index (χ3v) is 2.27. The fraction of sp³-hybridized carbons (Fsp3) is 0.154. The Balaban J connectivity index is 2.21. The molecule has 0 unspecified atom stereocenters. The van der Waals surface area contributed by atoms with Crippen molar-refractivity contribution in [3.63, 3.8) is 0 Å². The van der Waals surface area contributed by atoms with Gasteiger partial charge in [0.25, 0.3) is 0 Å². The van der Waals surface area contributed by atoms with Gasteiger partial charge in [-0.2, -0.15) is 0 Å². The fourth-order valence-electron chi connectivity index (χ4n) is 1.36. The number of hydrogen-bond donors (Lipinski definition) is 0. The molecule has 1 aromatic carbocycles. The summed E-state index contributed by atoms with van der Waals surface area (Å²) in [4.78, 5) is 11.6. The summed E-state index contributed by atoms with van der Waals surface area (Å²) < 4.78 is 10.2. The number of carbonyl (C=O) groups excluding carboxylic acids is 1. The number of furan rings is 1. The Morgan fingerprint density at radius 1 is 1.25 bits per heavy atom. The van der Waals surface area contributed by atoms with Crippen molar-refractivity contribution in [1.29, 1.82) is 0 Å². The fourth-order valence-corrected chi connectivity index (χ4v) is 1.36. The van der Waals surface area contributed by atoms with Gasteiger partial charge < -0.3 is 9.15 Å². The topological polar surface area (TPSA) is 39.4 Å². The van der Waals surface area contributed by atoms with Gasteiger partial charge in [-0.3, -0.25) is 0 Å². The largest absolute Gasteiger partial charge is 0.457 e. The highest BCUT2D eigenvalue weighted by atomic mass is 16.5. The molecule has 1 aromatic heterocycles. The summed E-state index contributed by atoms with van der Waals surface area (Å²) in [5.74, 6) is 0.306. The van der Waals surface area contributed by atoms with E-state index >= 15 is 0 Å². The van der Waals surface area contributed by atoms with E-state index in [2.05, 4.69) is 0 Å². The zero-order chi connectivity index (χ0) is 11.5. The van der Waals surface area contributed by atoms with E-state index in [1.807, 2.05) is 32.0 Å². The van der Waals surface area contributed by atoms with Crippen LogP contribution in [0, 0.1) is 13.8 Å². The first-order valence-corrected chi connectivity index (χ1v) is 5.00. The van der Waals surface area contributed by atoms with Crippen molar-refractivity contribution in [2.24, 2.45) is 0 Å². The third kappa shape index (κ3) is 2.14. The zero-order valence-electron chi connectivity index (χ0n) is 9.19. The highest BCUT2D eigenvalue weighted by Crippen LogP contribution is 2.20. The lowest BCUT2D eigenvalue weighted by atomic mass is 10.1. The van der Waals surface area contributed by atoms with Gasteiger partial charge in [0.05, 0.1) is 6.26 Å². The number of rotatable bonds is 2. The van der Waals surface area contributed by atoms with Gasteiger partial charge in [0.2, 0.25) is 5.76 Å². The van der Waals surface area contributed by atoms with E-state index in [0.717, 1.165) is 11.1 Å². The second-order valence-corrected chi connectivity index (χ2v) is 3.64. The van der Waals surface area contributed by atoms with Crippen molar-refractivity contribution in [1.82, 2.24) is 0 Å². The number of carbonyl (C=O) groups is 1. The minimum Gasteiger partial charge on any atom is -0.457 e. The summed E-state index contributed by atoms with van der Waals surface area (Å²) in [5, 5.41) is 0. The van der Waals surface area contributed by atoms with E-state index in [0.29, 0.717) is 5.75 Å². The molecule has 0 spiro atoms. The van der Waals surface area contributed by atoms with Gasteiger partial charge in [-0.25, -0.2) is 4.79 Å². The van der Waals surface area contributed by atoms with Crippen LogP contribution < -0.4 is 4.74 Å². The van der Waals surface area contributed by atoms with Gasteiger partial charge in [0.1, 0.15) is 5.75 Å². The van der Waals surface area contributed by atoms with Crippen LogP contribution in [0.15, 0.2) is 41.0 Å². The first-order chi connectivity index (χ1) is 7.66. The maximum absolute atomic E-state index is 11.6. The molecule has 0 radical (unpaired) electrons. The molecule has 2 aromatic rings. The zero-order valence-corrected chi connectivity index (χ0v) is 9.19. The van der Waals surface area contributed by atoms with Crippen LogP contribution in [0.25, 0.3) is 0 Å². The summed E-state index contributed by atoms with van der Waals surface area (Å²) in [6, 6.07) is 8.95. The number of esters is 1. The maximum atomic E-state index is 11.6. The normalized spacial score (nSPS) is 10.1. The Kier molecular flexibility index (Phi) is 2.77. The van der Waals surface area contributed by atoms with Crippen molar-refractivity contribution >= 4 is 5.97 Å². The van der Waals surface area contributed by atoms with E-state index in [-0.39, 0.29) is 5.76 Å². The highest BCUT2D eigenvalue weighted by molar-refractivity contribution is 5.88. The number of hydrogen-bond acceptors (Lipinski definition) is 3. The van der Waals surface area contributed by atoms with Gasteiger partial charge in [0.15, 0.2) is 0 Å². The Labute approximate surface area is 93.7 Å². The second-order valence-electron chi connectivity index (χ2n) is 3.64. The van der Waals surface area contributed by atoms with E-state index in [4.69, 9.17) is 9.15 Å². The molecule has 0 bridgehead atoms. The quantitative estimate of drug-likeness (QED) is 0.572. The molecule has 2 rings (SSSR count). The summed E-state index contributed by atoms with van der Waals surface area (Å²) in [7, 11) is 0. The van der Waals surface area contributed by atoms with Crippen LogP contribution in [0.4, 0.5) is 0 Å². The Morgan fingerprint density at radius 2 is 2.06 bits per heavy atom. The number of aryl methyl sites for hydroxylation is 2. The van der Waals surface area contributed by atoms with E-state index in [1.54, 1.807) is 12.1 Å². The summed E-state index contributed by atoms with van der Waals surface area (Å²) in [5.41, 5.74) is 1.97. The Bertz CT molecular complexity index is 498. The minimum absolute atomic E-state index is 0.209. The van der Waals surface area contributed by atoms with Crippen molar-refractivity contribution in [2.45, 2.75) is 13.8 Å². The molecule has 0 N–H and O–H groups in total. The first-order valence-electron chi connectivity index (χ1n) is 5.00. The summed E-state index contributed by atoms with van der Waals surface area (Å²) >= 11 is 0. The second kappa shape index (κ2) is 4.23. The summed E-state index contributed by atoms with van der Waals surface area (Å²) in [6.07, 6.45) is 1.44. The molecule has 0 aliphatic carbocycles. The lowest BCUT2D eigenvalue weighted by Gasteiger charge is -2.06. The molecular formula is C13H12O3. The van der Waals surface area contributed by atoms with Crippen molar-refractivity contribution < 1.29 is 13.9 Å². The average Bonchev–Trinajstić information content (AvgIpc) is 2.76.